The Morgan fingerprint density at radius 2 is 2.10 bits per heavy atom. The van der Waals surface area contributed by atoms with Gasteiger partial charge in [-0.05, 0) is 68.6 Å². The molecule has 3 nitrogen and oxygen atoms in total. The first-order valence-corrected chi connectivity index (χ1v) is 7.92. The second-order valence-corrected chi connectivity index (χ2v) is 5.54. The van der Waals surface area contributed by atoms with Crippen molar-refractivity contribution in [2.24, 2.45) is 0 Å². The average Bonchev–Trinajstić information content (AvgIpc) is 2.76. The number of benzene rings is 1. The number of aryl methyl sites for hydroxylation is 2. The van der Waals surface area contributed by atoms with Gasteiger partial charge in [0.25, 0.3) is 0 Å². The van der Waals surface area contributed by atoms with E-state index in [1.807, 2.05) is 0 Å². The zero-order valence-corrected chi connectivity index (χ0v) is 13.0. The number of rotatable bonds is 6. The number of nitrogens with zero attached hydrogens (tertiary/aromatic N) is 1. The van der Waals surface area contributed by atoms with Crippen LogP contribution in [0.1, 0.15) is 30.9 Å². The van der Waals surface area contributed by atoms with Gasteiger partial charge in [0.05, 0.1) is 7.11 Å². The molecule has 0 spiro atoms. The minimum atomic E-state index is 0.976. The van der Waals surface area contributed by atoms with E-state index in [1.165, 1.54) is 56.6 Å². The van der Waals surface area contributed by atoms with E-state index in [2.05, 4.69) is 35.3 Å². The Kier molecular flexibility index (Phi) is 6.34. The molecule has 2 rings (SSSR count). The Morgan fingerprint density at radius 1 is 1.20 bits per heavy atom. The summed E-state index contributed by atoms with van der Waals surface area (Å²) < 4.78 is 5.31. The first kappa shape index (κ1) is 15.3. The van der Waals surface area contributed by atoms with Crippen LogP contribution in [0.15, 0.2) is 18.2 Å². The normalized spacial score (nSPS) is 16.9. The molecule has 0 aliphatic carbocycles. The smallest absolute Gasteiger partial charge is 0.119 e. The second kappa shape index (κ2) is 8.28. The molecular formula is C17H28N2O. The number of nitrogens with one attached hydrogen (secondary N) is 1. The number of ether oxygens (including phenoxy) is 1. The van der Waals surface area contributed by atoms with Crippen LogP contribution in [0.3, 0.4) is 0 Å². The van der Waals surface area contributed by atoms with Crippen molar-refractivity contribution in [1.82, 2.24) is 10.2 Å². The van der Waals surface area contributed by atoms with Gasteiger partial charge in [0.1, 0.15) is 5.75 Å². The van der Waals surface area contributed by atoms with Crippen LogP contribution in [-0.2, 0) is 12.8 Å². The van der Waals surface area contributed by atoms with Crippen molar-refractivity contribution in [2.75, 3.05) is 39.8 Å². The van der Waals surface area contributed by atoms with Crippen LogP contribution >= 0.6 is 0 Å². The maximum atomic E-state index is 5.31. The minimum absolute atomic E-state index is 0.976. The standard InChI is InChI=1S/C17H28N2O/c1-3-15-14-17(20-2)8-7-16(15)6-4-11-19-12-5-9-18-10-13-19/h7-8,14,18H,3-6,9-13H2,1-2H3. The highest BCUT2D eigenvalue weighted by Gasteiger charge is 2.09. The molecule has 0 amide bonds. The zero-order valence-electron chi connectivity index (χ0n) is 13.0. The molecule has 3 heteroatoms. The molecule has 0 unspecified atom stereocenters. The van der Waals surface area contributed by atoms with Crippen LogP contribution in [0.25, 0.3) is 0 Å². The summed E-state index contributed by atoms with van der Waals surface area (Å²) in [6.07, 6.45) is 4.79. The third kappa shape index (κ3) is 4.50. The van der Waals surface area contributed by atoms with E-state index < -0.39 is 0 Å². The highest BCUT2D eigenvalue weighted by molar-refractivity contribution is 5.35. The minimum Gasteiger partial charge on any atom is -0.497 e. The number of hydrogen-bond acceptors (Lipinski definition) is 3. The molecule has 0 radical (unpaired) electrons. The molecule has 1 N–H and O–H groups in total. The van der Waals surface area contributed by atoms with Crippen molar-refractivity contribution in [3.05, 3.63) is 29.3 Å². The highest BCUT2D eigenvalue weighted by atomic mass is 16.5. The molecule has 20 heavy (non-hydrogen) atoms. The van der Waals surface area contributed by atoms with E-state index in [-0.39, 0.29) is 0 Å². The Morgan fingerprint density at radius 3 is 2.90 bits per heavy atom. The molecular weight excluding hydrogens is 248 g/mol. The van der Waals surface area contributed by atoms with Gasteiger partial charge in [-0.2, -0.15) is 0 Å². The van der Waals surface area contributed by atoms with Crippen LogP contribution < -0.4 is 10.1 Å². The predicted molar refractivity (Wildman–Crippen MR) is 84.6 cm³/mol. The van der Waals surface area contributed by atoms with Crippen molar-refractivity contribution in [1.29, 1.82) is 0 Å². The van der Waals surface area contributed by atoms with Gasteiger partial charge < -0.3 is 15.0 Å². The van der Waals surface area contributed by atoms with E-state index >= 15 is 0 Å². The lowest BCUT2D eigenvalue weighted by molar-refractivity contribution is 0.289. The molecule has 112 valence electrons. The summed E-state index contributed by atoms with van der Waals surface area (Å²) in [7, 11) is 1.74. The molecule has 0 saturated carbocycles. The maximum Gasteiger partial charge on any atom is 0.119 e. The van der Waals surface area contributed by atoms with Gasteiger partial charge in [0, 0.05) is 13.1 Å². The number of hydrogen-bond donors (Lipinski definition) is 1. The SMILES string of the molecule is CCc1cc(OC)ccc1CCCN1CCCNCC1. The lowest BCUT2D eigenvalue weighted by Gasteiger charge is -2.19. The van der Waals surface area contributed by atoms with Crippen molar-refractivity contribution in [3.8, 4) is 5.75 Å². The fourth-order valence-electron chi connectivity index (χ4n) is 2.92. The third-order valence-corrected chi connectivity index (χ3v) is 4.15. The topological polar surface area (TPSA) is 24.5 Å². The van der Waals surface area contributed by atoms with Crippen molar-refractivity contribution < 1.29 is 4.74 Å². The third-order valence-electron chi connectivity index (χ3n) is 4.15. The summed E-state index contributed by atoms with van der Waals surface area (Å²) in [6, 6.07) is 6.51. The van der Waals surface area contributed by atoms with Crippen LogP contribution in [-0.4, -0.2) is 44.7 Å². The van der Waals surface area contributed by atoms with Gasteiger partial charge in [0.15, 0.2) is 0 Å². The van der Waals surface area contributed by atoms with E-state index in [0.717, 1.165) is 18.7 Å². The summed E-state index contributed by atoms with van der Waals surface area (Å²) in [5.41, 5.74) is 2.92. The van der Waals surface area contributed by atoms with Crippen LogP contribution in [0.2, 0.25) is 0 Å². The van der Waals surface area contributed by atoms with E-state index in [9.17, 15) is 0 Å². The molecule has 0 atom stereocenters. The fourth-order valence-corrected chi connectivity index (χ4v) is 2.92. The monoisotopic (exact) mass is 276 g/mol. The molecule has 1 aliphatic heterocycles. The molecule has 1 aromatic rings. The second-order valence-electron chi connectivity index (χ2n) is 5.54. The first-order chi connectivity index (χ1) is 9.83. The lowest BCUT2D eigenvalue weighted by atomic mass is 10.0. The number of methoxy groups -OCH3 is 1. The fraction of sp³-hybridized carbons (Fsp3) is 0.647. The largest absolute Gasteiger partial charge is 0.497 e. The Bertz CT molecular complexity index is 398. The Balaban J connectivity index is 1.83. The van der Waals surface area contributed by atoms with Crippen LogP contribution in [0, 0.1) is 0 Å². The quantitative estimate of drug-likeness (QED) is 0.864. The van der Waals surface area contributed by atoms with Crippen molar-refractivity contribution >= 4 is 0 Å². The summed E-state index contributed by atoms with van der Waals surface area (Å²) >= 11 is 0. The van der Waals surface area contributed by atoms with E-state index in [0.29, 0.717) is 0 Å². The molecule has 1 aliphatic rings. The molecule has 1 saturated heterocycles. The molecule has 1 heterocycles. The first-order valence-electron chi connectivity index (χ1n) is 7.92. The maximum absolute atomic E-state index is 5.31. The average molecular weight is 276 g/mol. The molecule has 0 aromatic heterocycles. The summed E-state index contributed by atoms with van der Waals surface area (Å²) in [5.74, 6) is 0.976. The highest BCUT2D eigenvalue weighted by Crippen LogP contribution is 2.19. The lowest BCUT2D eigenvalue weighted by Crippen LogP contribution is -2.29. The predicted octanol–water partition coefficient (Wildman–Crippen LogP) is 2.49. The van der Waals surface area contributed by atoms with E-state index in [1.54, 1.807) is 7.11 Å². The zero-order chi connectivity index (χ0) is 14.2. The van der Waals surface area contributed by atoms with Gasteiger partial charge >= 0.3 is 0 Å². The molecule has 1 aromatic carbocycles. The van der Waals surface area contributed by atoms with Gasteiger partial charge in [-0.1, -0.05) is 13.0 Å². The summed E-state index contributed by atoms with van der Waals surface area (Å²) in [4.78, 5) is 2.59. The van der Waals surface area contributed by atoms with Crippen molar-refractivity contribution in [3.63, 3.8) is 0 Å². The van der Waals surface area contributed by atoms with E-state index in [4.69, 9.17) is 4.74 Å². The molecule has 1 fully saturated rings. The van der Waals surface area contributed by atoms with Crippen LogP contribution in [0.4, 0.5) is 0 Å². The summed E-state index contributed by atoms with van der Waals surface area (Å²) in [5, 5.41) is 3.46. The Labute approximate surface area is 123 Å². The van der Waals surface area contributed by atoms with Gasteiger partial charge in [-0.3, -0.25) is 0 Å². The van der Waals surface area contributed by atoms with Gasteiger partial charge in [0.2, 0.25) is 0 Å². The summed E-state index contributed by atoms with van der Waals surface area (Å²) in [6.45, 7) is 8.20. The Hall–Kier alpha value is -1.06. The van der Waals surface area contributed by atoms with Crippen molar-refractivity contribution in [2.45, 2.75) is 32.6 Å². The molecule has 0 bridgehead atoms. The van der Waals surface area contributed by atoms with Gasteiger partial charge in [-0.25, -0.2) is 0 Å². The van der Waals surface area contributed by atoms with Gasteiger partial charge in [-0.15, -0.1) is 0 Å². The van der Waals surface area contributed by atoms with Crippen LogP contribution in [0.5, 0.6) is 5.75 Å².